The minimum atomic E-state index is 1.02. The topological polar surface area (TPSA) is 17.8 Å². The summed E-state index contributed by atoms with van der Waals surface area (Å²) >= 11 is 0. The lowest BCUT2D eigenvalue weighted by molar-refractivity contribution is 1.18. The summed E-state index contributed by atoms with van der Waals surface area (Å²) in [6.07, 6.45) is 5.98. The van der Waals surface area contributed by atoms with Gasteiger partial charge in [-0.15, -0.1) is 0 Å². The highest BCUT2D eigenvalue weighted by Gasteiger charge is 1.97. The fourth-order valence-corrected chi connectivity index (χ4v) is 1.94. The first-order chi connectivity index (χ1) is 8.83. The van der Waals surface area contributed by atoms with Crippen molar-refractivity contribution in [2.75, 3.05) is 0 Å². The van der Waals surface area contributed by atoms with E-state index in [0.717, 1.165) is 11.0 Å². The van der Waals surface area contributed by atoms with Crippen molar-refractivity contribution in [2.24, 2.45) is 0 Å². The number of fused-ring (bicyclic) bond motifs is 1. The van der Waals surface area contributed by atoms with E-state index in [9.17, 15) is 0 Å². The van der Waals surface area contributed by atoms with Crippen LogP contribution in [0.5, 0.6) is 0 Å². The molecule has 2 heteroatoms. The minimum absolute atomic E-state index is 1.02. The van der Waals surface area contributed by atoms with E-state index in [1.807, 2.05) is 35.3 Å². The number of hydrogen-bond donors (Lipinski definition) is 0. The summed E-state index contributed by atoms with van der Waals surface area (Å²) in [5.41, 5.74) is 4.62. The third-order valence-corrected chi connectivity index (χ3v) is 2.99. The van der Waals surface area contributed by atoms with Crippen LogP contribution in [-0.4, -0.2) is 9.55 Å². The molecule has 1 aromatic heterocycles. The molecule has 0 aliphatic rings. The van der Waals surface area contributed by atoms with Gasteiger partial charge in [0.2, 0.25) is 0 Å². The lowest BCUT2D eigenvalue weighted by Gasteiger charge is -1.97. The summed E-state index contributed by atoms with van der Waals surface area (Å²) in [5, 5.41) is 0. The number of para-hydroxylation sites is 2. The molecule has 1 heterocycles. The van der Waals surface area contributed by atoms with E-state index in [0.29, 0.717) is 0 Å². The highest BCUT2D eigenvalue weighted by atomic mass is 15.0. The number of nitrogens with zero attached hydrogens (tertiary/aromatic N) is 2. The van der Waals surface area contributed by atoms with Crippen LogP contribution in [0.3, 0.4) is 0 Å². The van der Waals surface area contributed by atoms with Crippen molar-refractivity contribution >= 4 is 23.3 Å². The standard InChI is InChI=1S/C16H14N2/c1-13-6-8-14(9-7-13)10-11-18-12-17-15-4-2-3-5-16(15)18/h2-12H,1H3/b11-10+. The summed E-state index contributed by atoms with van der Waals surface area (Å²) in [5.74, 6) is 0. The summed E-state index contributed by atoms with van der Waals surface area (Å²) in [4.78, 5) is 4.36. The van der Waals surface area contributed by atoms with E-state index < -0.39 is 0 Å². The average Bonchev–Trinajstić information content (AvgIpc) is 2.82. The molecule has 0 aliphatic heterocycles. The molecule has 2 aromatic carbocycles. The largest absolute Gasteiger partial charge is 0.306 e. The first-order valence-corrected chi connectivity index (χ1v) is 5.99. The molecule has 0 fully saturated rings. The van der Waals surface area contributed by atoms with Crippen LogP contribution in [0, 0.1) is 6.92 Å². The van der Waals surface area contributed by atoms with E-state index in [2.05, 4.69) is 48.3 Å². The van der Waals surface area contributed by atoms with Crippen molar-refractivity contribution in [2.45, 2.75) is 6.92 Å². The predicted octanol–water partition coefficient (Wildman–Crippen LogP) is 3.97. The SMILES string of the molecule is Cc1ccc(/C=C/n2cnc3ccccc32)cc1. The second-order valence-corrected chi connectivity index (χ2v) is 4.37. The van der Waals surface area contributed by atoms with E-state index in [-0.39, 0.29) is 0 Å². The van der Waals surface area contributed by atoms with Crippen molar-refractivity contribution < 1.29 is 0 Å². The van der Waals surface area contributed by atoms with E-state index >= 15 is 0 Å². The van der Waals surface area contributed by atoms with Gasteiger partial charge in [-0.3, -0.25) is 0 Å². The molecular weight excluding hydrogens is 220 g/mol. The van der Waals surface area contributed by atoms with Gasteiger partial charge in [0.1, 0.15) is 0 Å². The maximum Gasteiger partial charge on any atom is 0.0999 e. The third kappa shape index (κ3) is 2.05. The van der Waals surface area contributed by atoms with Crippen LogP contribution < -0.4 is 0 Å². The summed E-state index contributed by atoms with van der Waals surface area (Å²) in [7, 11) is 0. The molecule has 0 aliphatic carbocycles. The van der Waals surface area contributed by atoms with Crippen LogP contribution in [0.4, 0.5) is 0 Å². The zero-order valence-electron chi connectivity index (χ0n) is 10.2. The van der Waals surface area contributed by atoms with Gasteiger partial charge in [-0.25, -0.2) is 4.98 Å². The van der Waals surface area contributed by atoms with Crippen LogP contribution in [0.1, 0.15) is 11.1 Å². The van der Waals surface area contributed by atoms with Gasteiger partial charge >= 0.3 is 0 Å². The maximum atomic E-state index is 4.36. The van der Waals surface area contributed by atoms with Gasteiger partial charge in [0.15, 0.2) is 0 Å². The number of rotatable bonds is 2. The Balaban J connectivity index is 1.94. The van der Waals surface area contributed by atoms with Crippen LogP contribution >= 0.6 is 0 Å². The highest BCUT2D eigenvalue weighted by molar-refractivity contribution is 5.78. The molecule has 0 amide bonds. The monoisotopic (exact) mass is 234 g/mol. The average molecular weight is 234 g/mol. The molecular formula is C16H14N2. The first-order valence-electron chi connectivity index (χ1n) is 5.99. The number of imidazole rings is 1. The Morgan fingerprint density at radius 2 is 1.78 bits per heavy atom. The summed E-state index contributed by atoms with van der Waals surface area (Å²) in [6.45, 7) is 2.09. The Hall–Kier alpha value is -2.35. The lowest BCUT2D eigenvalue weighted by atomic mass is 10.1. The van der Waals surface area contributed by atoms with Crippen LogP contribution in [0.25, 0.3) is 23.3 Å². The van der Waals surface area contributed by atoms with Gasteiger partial charge in [-0.05, 0) is 30.7 Å². The van der Waals surface area contributed by atoms with E-state index in [4.69, 9.17) is 0 Å². The molecule has 18 heavy (non-hydrogen) atoms. The van der Waals surface area contributed by atoms with E-state index in [1.165, 1.54) is 11.1 Å². The molecule has 3 rings (SSSR count). The van der Waals surface area contributed by atoms with Crippen molar-refractivity contribution in [3.63, 3.8) is 0 Å². The molecule has 0 bridgehead atoms. The minimum Gasteiger partial charge on any atom is -0.306 e. The molecule has 0 N–H and O–H groups in total. The van der Waals surface area contributed by atoms with Gasteiger partial charge < -0.3 is 4.57 Å². The Labute approximate surface area is 106 Å². The van der Waals surface area contributed by atoms with Crippen LogP contribution in [0.2, 0.25) is 0 Å². The van der Waals surface area contributed by atoms with Gasteiger partial charge in [-0.2, -0.15) is 0 Å². The summed E-state index contributed by atoms with van der Waals surface area (Å²) < 4.78 is 2.04. The zero-order valence-corrected chi connectivity index (χ0v) is 10.2. The fraction of sp³-hybridized carbons (Fsp3) is 0.0625. The quantitative estimate of drug-likeness (QED) is 0.656. The van der Waals surface area contributed by atoms with Gasteiger partial charge in [0.05, 0.1) is 17.4 Å². The molecule has 0 saturated carbocycles. The predicted molar refractivity (Wildman–Crippen MR) is 76.1 cm³/mol. The van der Waals surface area contributed by atoms with Crippen LogP contribution in [0.15, 0.2) is 54.9 Å². The molecule has 0 spiro atoms. The Morgan fingerprint density at radius 3 is 2.61 bits per heavy atom. The molecule has 0 unspecified atom stereocenters. The zero-order chi connectivity index (χ0) is 12.4. The number of hydrogen-bond acceptors (Lipinski definition) is 1. The molecule has 3 aromatic rings. The molecule has 2 nitrogen and oxygen atoms in total. The van der Waals surface area contributed by atoms with Gasteiger partial charge in [-0.1, -0.05) is 42.0 Å². The molecule has 88 valence electrons. The molecule has 0 radical (unpaired) electrons. The Bertz CT molecular complexity index is 690. The van der Waals surface area contributed by atoms with Crippen molar-refractivity contribution in [3.05, 3.63) is 66.0 Å². The molecule has 0 atom stereocenters. The third-order valence-electron chi connectivity index (χ3n) is 2.99. The van der Waals surface area contributed by atoms with Gasteiger partial charge in [0.25, 0.3) is 0 Å². The second-order valence-electron chi connectivity index (χ2n) is 4.37. The number of aryl methyl sites for hydroxylation is 1. The van der Waals surface area contributed by atoms with Crippen molar-refractivity contribution in [1.82, 2.24) is 9.55 Å². The summed E-state index contributed by atoms with van der Waals surface area (Å²) in [6, 6.07) is 16.6. The van der Waals surface area contributed by atoms with Gasteiger partial charge in [0, 0.05) is 6.20 Å². The Morgan fingerprint density at radius 1 is 1.00 bits per heavy atom. The fourth-order valence-electron chi connectivity index (χ4n) is 1.94. The van der Waals surface area contributed by atoms with Crippen molar-refractivity contribution in [3.8, 4) is 0 Å². The van der Waals surface area contributed by atoms with E-state index in [1.54, 1.807) is 0 Å². The maximum absolute atomic E-state index is 4.36. The van der Waals surface area contributed by atoms with Crippen LogP contribution in [-0.2, 0) is 0 Å². The Kier molecular flexibility index (Phi) is 2.69. The van der Waals surface area contributed by atoms with Crippen molar-refractivity contribution in [1.29, 1.82) is 0 Å². The number of benzene rings is 2. The second kappa shape index (κ2) is 4.49. The molecule has 0 saturated heterocycles. The smallest absolute Gasteiger partial charge is 0.0999 e. The number of aromatic nitrogens is 2. The highest BCUT2D eigenvalue weighted by Crippen LogP contribution is 2.13. The normalized spacial score (nSPS) is 11.4. The lowest BCUT2D eigenvalue weighted by Crippen LogP contribution is -1.82. The first kappa shape index (κ1) is 10.8.